The number of methoxy groups -OCH3 is 2. The molecule has 0 aromatic heterocycles. The molecule has 0 aliphatic rings. The summed E-state index contributed by atoms with van der Waals surface area (Å²) >= 11 is 0. The molecule has 0 spiro atoms. The maximum Gasteiger partial charge on any atom is 0.124 e. The number of hydrogen-bond donors (Lipinski definition) is 1. The Balaban J connectivity index is 1.93. The third-order valence-electron chi connectivity index (χ3n) is 5.75. The first-order chi connectivity index (χ1) is 15.2. The van der Waals surface area contributed by atoms with Gasteiger partial charge in [0.25, 0.3) is 0 Å². The lowest BCUT2D eigenvalue weighted by molar-refractivity contribution is 0.394. The summed E-state index contributed by atoms with van der Waals surface area (Å²) < 4.78 is 11.0. The minimum absolute atomic E-state index is 0.256. The van der Waals surface area contributed by atoms with E-state index in [0.717, 1.165) is 55.3 Å². The number of ether oxygens (including phenoxy) is 2. The minimum atomic E-state index is 0.256. The zero-order chi connectivity index (χ0) is 21.4. The molecule has 31 heavy (non-hydrogen) atoms. The number of aromatic hydroxyl groups is 1. The van der Waals surface area contributed by atoms with Crippen LogP contribution in [0.5, 0.6) is 17.2 Å². The predicted octanol–water partition coefficient (Wildman–Crippen LogP) is 7.05. The summed E-state index contributed by atoms with van der Waals surface area (Å²) in [6.07, 6.45) is 0. The van der Waals surface area contributed by atoms with Gasteiger partial charge in [0, 0.05) is 17.2 Å². The first-order valence-corrected chi connectivity index (χ1v) is 10.2. The molecule has 0 amide bonds. The third-order valence-corrected chi connectivity index (χ3v) is 5.75. The van der Waals surface area contributed by atoms with Gasteiger partial charge in [-0.3, -0.25) is 0 Å². The van der Waals surface area contributed by atoms with Gasteiger partial charge in [0.15, 0.2) is 0 Å². The van der Waals surface area contributed by atoms with E-state index in [1.807, 2.05) is 48.5 Å². The van der Waals surface area contributed by atoms with E-state index in [1.165, 1.54) is 0 Å². The summed E-state index contributed by atoms with van der Waals surface area (Å²) in [6.45, 7) is 0. The zero-order valence-corrected chi connectivity index (χ0v) is 17.4. The van der Waals surface area contributed by atoms with E-state index >= 15 is 0 Å². The van der Waals surface area contributed by atoms with E-state index in [1.54, 1.807) is 20.3 Å². The van der Waals surface area contributed by atoms with E-state index in [0.29, 0.717) is 0 Å². The molecule has 0 aliphatic heterocycles. The first kappa shape index (κ1) is 19.0. The van der Waals surface area contributed by atoms with E-state index < -0.39 is 0 Å². The van der Waals surface area contributed by atoms with E-state index in [2.05, 4.69) is 36.4 Å². The number of rotatable bonds is 4. The highest BCUT2D eigenvalue weighted by molar-refractivity contribution is 6.12. The average Bonchev–Trinajstić information content (AvgIpc) is 2.83. The fourth-order valence-electron chi connectivity index (χ4n) is 4.27. The molecule has 3 nitrogen and oxygen atoms in total. The molecule has 0 radical (unpaired) electrons. The molecule has 5 rings (SSSR count). The normalized spacial score (nSPS) is 11.0. The Kier molecular flexibility index (Phi) is 4.72. The van der Waals surface area contributed by atoms with Crippen LogP contribution in [-0.4, -0.2) is 19.3 Å². The van der Waals surface area contributed by atoms with Gasteiger partial charge in [-0.1, -0.05) is 66.7 Å². The van der Waals surface area contributed by atoms with Crippen LogP contribution in [0.1, 0.15) is 0 Å². The maximum atomic E-state index is 11.0. The topological polar surface area (TPSA) is 38.7 Å². The molecule has 152 valence electrons. The van der Waals surface area contributed by atoms with Crippen molar-refractivity contribution in [3.8, 4) is 39.5 Å². The van der Waals surface area contributed by atoms with Crippen LogP contribution in [0.4, 0.5) is 0 Å². The summed E-state index contributed by atoms with van der Waals surface area (Å²) in [7, 11) is 3.30. The summed E-state index contributed by atoms with van der Waals surface area (Å²) in [5.74, 6) is 1.69. The minimum Gasteiger partial charge on any atom is -0.507 e. The summed E-state index contributed by atoms with van der Waals surface area (Å²) in [6, 6.07) is 30.2. The van der Waals surface area contributed by atoms with Gasteiger partial charge in [-0.25, -0.2) is 0 Å². The molecule has 0 heterocycles. The highest BCUT2D eigenvalue weighted by Crippen LogP contribution is 2.46. The lowest BCUT2D eigenvalue weighted by Gasteiger charge is -2.18. The zero-order valence-electron chi connectivity index (χ0n) is 17.4. The van der Waals surface area contributed by atoms with Crippen LogP contribution < -0.4 is 9.47 Å². The Morgan fingerprint density at radius 3 is 1.74 bits per heavy atom. The van der Waals surface area contributed by atoms with Gasteiger partial charge in [-0.15, -0.1) is 0 Å². The summed E-state index contributed by atoms with van der Waals surface area (Å²) in [5, 5.41) is 15.3. The molecule has 5 aromatic rings. The Morgan fingerprint density at radius 1 is 0.581 bits per heavy atom. The first-order valence-electron chi connectivity index (χ1n) is 10.2. The van der Waals surface area contributed by atoms with Crippen LogP contribution in [0.15, 0.2) is 91.0 Å². The monoisotopic (exact) mass is 406 g/mol. The third kappa shape index (κ3) is 3.24. The molecule has 0 fully saturated rings. The van der Waals surface area contributed by atoms with Crippen LogP contribution in [0, 0.1) is 0 Å². The van der Waals surface area contributed by atoms with Crippen molar-refractivity contribution in [2.45, 2.75) is 0 Å². The van der Waals surface area contributed by atoms with Crippen molar-refractivity contribution in [3.05, 3.63) is 91.0 Å². The molecule has 0 atom stereocenters. The van der Waals surface area contributed by atoms with E-state index in [-0.39, 0.29) is 5.75 Å². The maximum absolute atomic E-state index is 11.0. The Labute approximate surface area is 181 Å². The van der Waals surface area contributed by atoms with Crippen LogP contribution in [0.3, 0.4) is 0 Å². The molecule has 5 aromatic carbocycles. The van der Waals surface area contributed by atoms with Gasteiger partial charge in [-0.05, 0) is 50.9 Å². The molecule has 1 N–H and O–H groups in total. The van der Waals surface area contributed by atoms with E-state index in [4.69, 9.17) is 9.47 Å². The van der Waals surface area contributed by atoms with Crippen molar-refractivity contribution in [2.75, 3.05) is 14.2 Å². The van der Waals surface area contributed by atoms with Crippen LogP contribution in [0.2, 0.25) is 0 Å². The lowest BCUT2D eigenvalue weighted by Crippen LogP contribution is -1.93. The summed E-state index contributed by atoms with van der Waals surface area (Å²) in [5.41, 5.74) is 3.78. The Hall–Kier alpha value is -3.98. The standard InChI is InChI=1S/C28H22O3/c1-30-21-15-20(16-22(17-21)31-2)25-13-11-18-7-3-5-9-23(18)27(25)28-24-10-6-4-8-19(24)12-14-26(28)29/h3-17,29H,1-2H3. The van der Waals surface area contributed by atoms with Crippen LogP contribution >= 0.6 is 0 Å². The molecule has 0 aliphatic carbocycles. The number of hydrogen-bond acceptors (Lipinski definition) is 3. The fraction of sp³-hybridized carbons (Fsp3) is 0.0714. The van der Waals surface area contributed by atoms with Crippen molar-refractivity contribution in [1.29, 1.82) is 0 Å². The van der Waals surface area contributed by atoms with Gasteiger partial charge in [-0.2, -0.15) is 0 Å². The van der Waals surface area contributed by atoms with Crippen molar-refractivity contribution in [1.82, 2.24) is 0 Å². The van der Waals surface area contributed by atoms with Crippen molar-refractivity contribution in [2.24, 2.45) is 0 Å². The SMILES string of the molecule is COc1cc(OC)cc(-c2ccc3ccccc3c2-c2c(O)ccc3ccccc23)c1. The Bertz CT molecular complexity index is 1400. The smallest absolute Gasteiger partial charge is 0.124 e. The summed E-state index contributed by atoms with van der Waals surface area (Å²) in [4.78, 5) is 0. The molecule has 0 saturated heterocycles. The second-order valence-corrected chi connectivity index (χ2v) is 7.49. The molecule has 3 heteroatoms. The number of benzene rings is 5. The number of fused-ring (bicyclic) bond motifs is 2. The number of phenolic OH excluding ortho intramolecular Hbond substituents is 1. The van der Waals surface area contributed by atoms with Gasteiger partial charge >= 0.3 is 0 Å². The fourth-order valence-corrected chi connectivity index (χ4v) is 4.27. The second kappa shape index (κ2) is 7.69. The molecular weight excluding hydrogens is 384 g/mol. The Morgan fingerprint density at radius 2 is 1.13 bits per heavy atom. The molecule has 0 unspecified atom stereocenters. The van der Waals surface area contributed by atoms with E-state index in [9.17, 15) is 5.11 Å². The largest absolute Gasteiger partial charge is 0.507 e. The van der Waals surface area contributed by atoms with Gasteiger partial charge < -0.3 is 14.6 Å². The van der Waals surface area contributed by atoms with Crippen molar-refractivity contribution in [3.63, 3.8) is 0 Å². The molecule has 0 saturated carbocycles. The van der Waals surface area contributed by atoms with Gasteiger partial charge in [0.1, 0.15) is 17.2 Å². The van der Waals surface area contributed by atoms with Crippen LogP contribution in [0.25, 0.3) is 43.8 Å². The van der Waals surface area contributed by atoms with Crippen LogP contribution in [-0.2, 0) is 0 Å². The van der Waals surface area contributed by atoms with Gasteiger partial charge in [0.2, 0.25) is 0 Å². The van der Waals surface area contributed by atoms with Crippen molar-refractivity contribution >= 4 is 21.5 Å². The second-order valence-electron chi connectivity index (χ2n) is 7.49. The van der Waals surface area contributed by atoms with Crippen molar-refractivity contribution < 1.29 is 14.6 Å². The lowest BCUT2D eigenvalue weighted by atomic mass is 9.87. The molecular formula is C28H22O3. The highest BCUT2D eigenvalue weighted by atomic mass is 16.5. The quantitative estimate of drug-likeness (QED) is 0.347. The highest BCUT2D eigenvalue weighted by Gasteiger charge is 2.18. The number of phenols is 1. The predicted molar refractivity (Wildman–Crippen MR) is 127 cm³/mol. The van der Waals surface area contributed by atoms with Gasteiger partial charge in [0.05, 0.1) is 14.2 Å². The average molecular weight is 406 g/mol. The molecule has 0 bridgehead atoms.